The molecule has 1 N–H and O–H groups in total. The van der Waals surface area contributed by atoms with Crippen molar-refractivity contribution in [2.45, 2.75) is 26.3 Å². The van der Waals surface area contributed by atoms with Gasteiger partial charge in [0.2, 0.25) is 0 Å². The number of piperidine rings is 1. The van der Waals surface area contributed by atoms with E-state index in [9.17, 15) is 0 Å². The van der Waals surface area contributed by atoms with Gasteiger partial charge >= 0.3 is 0 Å². The smallest absolute Gasteiger partial charge is 0.0516 e. The number of likely N-dealkylation sites (tertiary alicyclic amines) is 1. The van der Waals surface area contributed by atoms with Gasteiger partial charge in [0.25, 0.3) is 0 Å². The molecule has 0 bridgehead atoms. The number of thiophene rings is 1. The van der Waals surface area contributed by atoms with Gasteiger partial charge in [0.05, 0.1) is 5.02 Å². The van der Waals surface area contributed by atoms with E-state index < -0.39 is 0 Å². The average molecular weight is 273 g/mol. The summed E-state index contributed by atoms with van der Waals surface area (Å²) in [5.74, 6) is 0. The molecule has 2 heterocycles. The molecule has 1 aliphatic heterocycles. The minimum absolute atomic E-state index is 0.466. The zero-order valence-corrected chi connectivity index (χ0v) is 12.2. The second kappa shape index (κ2) is 5.70. The van der Waals surface area contributed by atoms with E-state index in [2.05, 4.69) is 30.3 Å². The summed E-state index contributed by atoms with van der Waals surface area (Å²) in [6.07, 6.45) is 2.59. The highest BCUT2D eigenvalue weighted by molar-refractivity contribution is 7.10. The van der Waals surface area contributed by atoms with Crippen molar-refractivity contribution in [1.29, 1.82) is 0 Å². The maximum atomic E-state index is 5.91. The van der Waals surface area contributed by atoms with Gasteiger partial charge in [-0.3, -0.25) is 0 Å². The molecule has 0 aliphatic carbocycles. The lowest BCUT2D eigenvalue weighted by atomic mass is 9.80. The molecule has 0 unspecified atom stereocenters. The highest BCUT2D eigenvalue weighted by Crippen LogP contribution is 2.29. The molecule has 4 heteroatoms. The molecule has 1 aliphatic rings. The lowest BCUT2D eigenvalue weighted by molar-refractivity contribution is 0.137. The largest absolute Gasteiger partial charge is 0.311 e. The molecule has 0 amide bonds. The van der Waals surface area contributed by atoms with Crippen molar-refractivity contribution in [2.75, 3.05) is 26.7 Å². The van der Waals surface area contributed by atoms with Crippen molar-refractivity contribution in [3.8, 4) is 0 Å². The van der Waals surface area contributed by atoms with Crippen molar-refractivity contribution in [3.05, 3.63) is 21.3 Å². The predicted molar refractivity (Wildman–Crippen MR) is 75.9 cm³/mol. The van der Waals surface area contributed by atoms with Crippen molar-refractivity contribution >= 4 is 22.9 Å². The molecule has 0 radical (unpaired) electrons. The Balaban J connectivity index is 1.74. The highest BCUT2D eigenvalue weighted by atomic mass is 35.5. The molecule has 2 nitrogen and oxygen atoms in total. The third-order valence-electron chi connectivity index (χ3n) is 3.67. The fourth-order valence-electron chi connectivity index (χ4n) is 2.27. The van der Waals surface area contributed by atoms with Gasteiger partial charge in [-0.15, -0.1) is 11.3 Å². The van der Waals surface area contributed by atoms with E-state index in [-0.39, 0.29) is 0 Å². The number of hydrogen-bond donors (Lipinski definition) is 1. The summed E-state index contributed by atoms with van der Waals surface area (Å²) in [4.78, 5) is 3.74. The summed E-state index contributed by atoms with van der Waals surface area (Å²) in [5, 5.41) is 6.43. The maximum Gasteiger partial charge on any atom is 0.0516 e. The molecule has 0 spiro atoms. The molecule has 0 aromatic carbocycles. The first kappa shape index (κ1) is 13.3. The molecule has 1 fully saturated rings. The third kappa shape index (κ3) is 3.95. The standard InChI is InChI=1S/C13H21ClN2S/c1-13(3-5-16(2)6-4-13)10-15-8-12-7-11(14)9-17-12/h7,9,15H,3-6,8,10H2,1-2H3. The van der Waals surface area contributed by atoms with E-state index in [1.807, 2.05) is 5.38 Å². The Bertz CT molecular complexity index is 356. The Morgan fingerprint density at radius 2 is 2.18 bits per heavy atom. The monoisotopic (exact) mass is 272 g/mol. The first-order valence-electron chi connectivity index (χ1n) is 6.20. The lowest BCUT2D eigenvalue weighted by Crippen LogP contribution is -2.41. The molecule has 1 aromatic heterocycles. The Labute approximate surface area is 113 Å². The average Bonchev–Trinajstić information content (AvgIpc) is 2.69. The van der Waals surface area contributed by atoms with Gasteiger partial charge in [-0.05, 0) is 44.5 Å². The van der Waals surface area contributed by atoms with Crippen LogP contribution in [0.25, 0.3) is 0 Å². The van der Waals surface area contributed by atoms with Gasteiger partial charge in [0.15, 0.2) is 0 Å². The van der Waals surface area contributed by atoms with E-state index in [0.29, 0.717) is 5.41 Å². The minimum atomic E-state index is 0.466. The summed E-state index contributed by atoms with van der Waals surface area (Å²) in [7, 11) is 2.21. The molecular formula is C13H21ClN2S. The van der Waals surface area contributed by atoms with Crippen molar-refractivity contribution in [2.24, 2.45) is 5.41 Å². The summed E-state index contributed by atoms with van der Waals surface area (Å²) >= 11 is 7.64. The summed E-state index contributed by atoms with van der Waals surface area (Å²) in [6, 6.07) is 2.05. The first-order chi connectivity index (χ1) is 8.07. The quantitative estimate of drug-likeness (QED) is 0.905. The van der Waals surface area contributed by atoms with Crippen LogP contribution in [0.2, 0.25) is 5.02 Å². The van der Waals surface area contributed by atoms with E-state index in [4.69, 9.17) is 11.6 Å². The van der Waals surface area contributed by atoms with E-state index >= 15 is 0 Å². The van der Waals surface area contributed by atoms with E-state index in [0.717, 1.165) is 18.1 Å². The Kier molecular flexibility index (Phi) is 4.47. The van der Waals surface area contributed by atoms with Crippen molar-refractivity contribution in [1.82, 2.24) is 10.2 Å². The van der Waals surface area contributed by atoms with Crippen LogP contribution >= 0.6 is 22.9 Å². The van der Waals surface area contributed by atoms with Gasteiger partial charge in [-0.25, -0.2) is 0 Å². The Morgan fingerprint density at radius 3 is 2.76 bits per heavy atom. The molecule has 0 saturated carbocycles. The van der Waals surface area contributed by atoms with Crippen LogP contribution in [0.5, 0.6) is 0 Å². The van der Waals surface area contributed by atoms with Gasteiger partial charge < -0.3 is 10.2 Å². The highest BCUT2D eigenvalue weighted by Gasteiger charge is 2.28. The molecule has 0 atom stereocenters. The SMILES string of the molecule is CN1CCC(C)(CNCc2cc(Cl)cs2)CC1. The number of halogens is 1. The second-order valence-corrected chi connectivity index (χ2v) is 6.88. The van der Waals surface area contributed by atoms with Gasteiger partial charge in [0, 0.05) is 23.3 Å². The van der Waals surface area contributed by atoms with Crippen LogP contribution < -0.4 is 5.32 Å². The van der Waals surface area contributed by atoms with Gasteiger partial charge in [-0.1, -0.05) is 18.5 Å². The normalized spacial score (nSPS) is 20.6. The van der Waals surface area contributed by atoms with E-state index in [1.54, 1.807) is 11.3 Å². The summed E-state index contributed by atoms with van der Waals surface area (Å²) < 4.78 is 0. The Morgan fingerprint density at radius 1 is 1.47 bits per heavy atom. The third-order valence-corrected chi connectivity index (χ3v) is 4.95. The molecule has 2 rings (SSSR count). The number of nitrogens with zero attached hydrogens (tertiary/aromatic N) is 1. The number of rotatable bonds is 4. The van der Waals surface area contributed by atoms with E-state index in [1.165, 1.54) is 30.8 Å². The molecule has 1 saturated heterocycles. The predicted octanol–water partition coefficient (Wildman–Crippen LogP) is 3.22. The Hall–Kier alpha value is -0.0900. The molecular weight excluding hydrogens is 252 g/mol. The summed E-state index contributed by atoms with van der Waals surface area (Å²) in [5.41, 5.74) is 0.466. The zero-order valence-electron chi connectivity index (χ0n) is 10.6. The van der Waals surface area contributed by atoms with Gasteiger partial charge in [0.1, 0.15) is 0 Å². The van der Waals surface area contributed by atoms with Crippen molar-refractivity contribution in [3.63, 3.8) is 0 Å². The molecule has 17 heavy (non-hydrogen) atoms. The zero-order chi connectivity index (χ0) is 12.3. The molecule has 1 aromatic rings. The molecule has 96 valence electrons. The minimum Gasteiger partial charge on any atom is -0.311 e. The second-order valence-electron chi connectivity index (χ2n) is 5.45. The van der Waals surface area contributed by atoms with Crippen LogP contribution in [0.1, 0.15) is 24.6 Å². The van der Waals surface area contributed by atoms with Crippen LogP contribution in [0.15, 0.2) is 11.4 Å². The first-order valence-corrected chi connectivity index (χ1v) is 7.45. The van der Waals surface area contributed by atoms with Crippen LogP contribution in [-0.2, 0) is 6.54 Å². The lowest BCUT2D eigenvalue weighted by Gasteiger charge is -2.38. The fraction of sp³-hybridized carbons (Fsp3) is 0.692. The summed E-state index contributed by atoms with van der Waals surface area (Å²) in [6.45, 7) is 6.90. The number of nitrogens with one attached hydrogen (secondary N) is 1. The van der Waals surface area contributed by atoms with Crippen LogP contribution in [0.4, 0.5) is 0 Å². The number of hydrogen-bond acceptors (Lipinski definition) is 3. The topological polar surface area (TPSA) is 15.3 Å². The fourth-order valence-corrected chi connectivity index (χ4v) is 3.31. The van der Waals surface area contributed by atoms with Crippen molar-refractivity contribution < 1.29 is 0 Å². The van der Waals surface area contributed by atoms with Crippen LogP contribution in [0.3, 0.4) is 0 Å². The van der Waals surface area contributed by atoms with Gasteiger partial charge in [-0.2, -0.15) is 0 Å². The van der Waals surface area contributed by atoms with Crippen LogP contribution in [-0.4, -0.2) is 31.6 Å². The maximum absolute atomic E-state index is 5.91. The van der Waals surface area contributed by atoms with Crippen LogP contribution in [0, 0.1) is 5.41 Å².